The van der Waals surface area contributed by atoms with Crippen LogP contribution in [0.3, 0.4) is 0 Å². The van der Waals surface area contributed by atoms with Gasteiger partial charge in [0.1, 0.15) is 0 Å². The van der Waals surface area contributed by atoms with Crippen LogP contribution in [0.15, 0.2) is 21.9 Å². The van der Waals surface area contributed by atoms with Crippen molar-refractivity contribution in [3.8, 4) is 0 Å². The number of ether oxygens (including phenoxy) is 2. The number of aromatic nitrogens is 2. The normalized spacial score (nSPS) is 28.3. The van der Waals surface area contributed by atoms with Gasteiger partial charge >= 0.3 is 165 Å². The number of aromatic amines is 1. The Morgan fingerprint density at radius 3 is 2.65 bits per heavy atom. The molecule has 1 aromatic rings. The zero-order valence-corrected chi connectivity index (χ0v) is 18.0. The molecule has 9 heteroatoms. The average molecular weight is 473 g/mol. The molecule has 1 aromatic heterocycles. The van der Waals surface area contributed by atoms with Gasteiger partial charge in [0, 0.05) is 0 Å². The summed E-state index contributed by atoms with van der Waals surface area (Å²) in [6.07, 6.45) is 2.26. The van der Waals surface area contributed by atoms with Crippen molar-refractivity contribution >= 4 is 25.8 Å². The first-order valence-electron chi connectivity index (χ1n) is 8.93. The molecule has 2 rings (SSSR count). The molecule has 0 unspecified atom stereocenters. The Morgan fingerprint density at radius 1 is 1.38 bits per heavy atom. The van der Waals surface area contributed by atoms with Crippen molar-refractivity contribution in [1.29, 1.82) is 0 Å². The Balaban J connectivity index is 2.45. The van der Waals surface area contributed by atoms with Crippen LogP contribution in [-0.4, -0.2) is 69.9 Å². The van der Waals surface area contributed by atoms with Crippen LogP contribution < -0.4 is 11.2 Å². The molecular weight excluding hydrogens is 447 g/mol. The topological polar surface area (TPSA) is 114 Å². The number of hydrogen-bond donors (Lipinski definition) is 3. The fourth-order valence-electron chi connectivity index (χ4n) is 3.17. The van der Waals surface area contributed by atoms with Crippen LogP contribution >= 0.6 is 0 Å². The first kappa shape index (κ1) is 21.3. The Bertz CT molecular complexity index is 732. The van der Waals surface area contributed by atoms with E-state index in [9.17, 15) is 19.8 Å². The Morgan fingerprint density at radius 2 is 2.08 bits per heavy atom. The Hall–Kier alpha value is -0.971. The number of nitrogens with zero attached hydrogens (tertiary/aromatic N) is 1. The van der Waals surface area contributed by atoms with E-state index in [1.54, 1.807) is 0 Å². The van der Waals surface area contributed by atoms with Gasteiger partial charge in [0.25, 0.3) is 0 Å². The number of rotatable bonds is 9. The van der Waals surface area contributed by atoms with Crippen molar-refractivity contribution in [2.45, 2.75) is 70.0 Å². The maximum absolute atomic E-state index is 12.2. The van der Waals surface area contributed by atoms with Gasteiger partial charge in [0.2, 0.25) is 0 Å². The van der Waals surface area contributed by atoms with Crippen molar-refractivity contribution in [2.24, 2.45) is 0 Å². The molecule has 0 saturated carbocycles. The van der Waals surface area contributed by atoms with Crippen LogP contribution in [0.2, 0.25) is 0 Å². The van der Waals surface area contributed by atoms with E-state index in [-0.39, 0.29) is 3.70 Å². The van der Waals surface area contributed by atoms with E-state index in [2.05, 4.69) is 4.98 Å². The van der Waals surface area contributed by atoms with Crippen LogP contribution in [0.5, 0.6) is 0 Å². The monoisotopic (exact) mass is 474 g/mol. The van der Waals surface area contributed by atoms with E-state index < -0.39 is 35.3 Å². The molecule has 1 saturated heterocycles. The molecule has 2 heterocycles. The molecule has 0 aliphatic carbocycles. The Kier molecular flexibility index (Phi) is 7.62. The van der Waals surface area contributed by atoms with Crippen LogP contribution in [0.25, 0.3) is 0 Å². The van der Waals surface area contributed by atoms with E-state index in [0.29, 0.717) is 19.4 Å². The maximum atomic E-state index is 12.2. The molecule has 0 aromatic carbocycles. The third kappa shape index (κ3) is 4.46. The summed E-state index contributed by atoms with van der Waals surface area (Å²) in [4.78, 5) is 25.8. The second-order valence-corrected chi connectivity index (χ2v) is 8.01. The molecule has 0 spiro atoms. The van der Waals surface area contributed by atoms with Crippen molar-refractivity contribution in [3.05, 3.63) is 33.1 Å². The third-order valence-corrected chi connectivity index (χ3v) is 5.38. The van der Waals surface area contributed by atoms with Crippen molar-refractivity contribution in [3.63, 3.8) is 0 Å². The SMILES string of the molecule is CCCCO[C@@H]1[C@@H]([C](O)=[Sn])O[C@@H](n2ccc(=O)[nH]c2=O)[C@@]1(O)CCCC. The molecule has 8 nitrogen and oxygen atoms in total. The van der Waals surface area contributed by atoms with E-state index in [0.717, 1.165) is 45.9 Å². The van der Waals surface area contributed by atoms with Gasteiger partial charge in [-0.1, -0.05) is 0 Å². The van der Waals surface area contributed by atoms with Gasteiger partial charge in [-0.25, -0.2) is 0 Å². The summed E-state index contributed by atoms with van der Waals surface area (Å²) < 4.78 is 13.0. The first-order chi connectivity index (χ1) is 12.3. The average Bonchev–Trinajstić information content (AvgIpc) is 2.87. The van der Waals surface area contributed by atoms with Gasteiger partial charge in [-0.2, -0.15) is 0 Å². The number of H-pyrrole nitrogens is 1. The van der Waals surface area contributed by atoms with E-state index >= 15 is 0 Å². The van der Waals surface area contributed by atoms with E-state index in [4.69, 9.17) is 9.47 Å². The minimum absolute atomic E-state index is 0.0635. The zero-order chi connectivity index (χ0) is 19.3. The van der Waals surface area contributed by atoms with E-state index in [1.165, 1.54) is 12.3 Å². The minimum atomic E-state index is -1.50. The number of unbranched alkanes of at least 4 members (excludes halogenated alkanes) is 2. The number of aliphatic hydroxyl groups is 2. The van der Waals surface area contributed by atoms with Crippen LogP contribution in [0.1, 0.15) is 52.2 Å². The molecule has 26 heavy (non-hydrogen) atoms. The quantitative estimate of drug-likeness (QED) is 0.349. The van der Waals surface area contributed by atoms with Crippen molar-refractivity contribution in [1.82, 2.24) is 9.55 Å². The van der Waals surface area contributed by atoms with Crippen LogP contribution in [0, 0.1) is 0 Å². The van der Waals surface area contributed by atoms with Crippen LogP contribution in [-0.2, 0) is 9.47 Å². The number of aliphatic hydroxyl groups excluding tert-OH is 1. The second kappa shape index (κ2) is 9.29. The van der Waals surface area contributed by atoms with Gasteiger partial charge in [-0.15, -0.1) is 0 Å². The predicted molar refractivity (Wildman–Crippen MR) is 97.1 cm³/mol. The van der Waals surface area contributed by atoms with Gasteiger partial charge in [0.05, 0.1) is 0 Å². The fraction of sp³-hybridized carbons (Fsp3) is 0.706. The molecule has 1 fully saturated rings. The van der Waals surface area contributed by atoms with E-state index in [1.807, 2.05) is 13.8 Å². The molecule has 144 valence electrons. The summed E-state index contributed by atoms with van der Waals surface area (Å²) in [5, 5.41) is 21.6. The summed E-state index contributed by atoms with van der Waals surface area (Å²) >= 11 is 0.753. The van der Waals surface area contributed by atoms with Gasteiger partial charge in [0.15, 0.2) is 0 Å². The third-order valence-electron chi connectivity index (χ3n) is 4.57. The molecule has 1 aliphatic rings. The molecule has 1 aliphatic heterocycles. The van der Waals surface area contributed by atoms with Crippen molar-refractivity contribution < 1.29 is 19.7 Å². The van der Waals surface area contributed by atoms with Crippen molar-refractivity contribution in [2.75, 3.05) is 6.61 Å². The molecule has 4 atom stereocenters. The number of nitrogens with one attached hydrogen (secondary N) is 1. The summed E-state index contributed by atoms with van der Waals surface area (Å²) in [6, 6.07) is 1.20. The van der Waals surface area contributed by atoms with Crippen LogP contribution in [0.4, 0.5) is 0 Å². The molecule has 0 amide bonds. The number of hydrogen-bond acceptors (Lipinski definition) is 6. The molecule has 3 N–H and O–H groups in total. The fourth-order valence-corrected chi connectivity index (χ4v) is 3.80. The molecule has 0 bridgehead atoms. The summed E-state index contributed by atoms with van der Waals surface area (Å²) in [7, 11) is 0. The Labute approximate surface area is 164 Å². The van der Waals surface area contributed by atoms with Gasteiger partial charge < -0.3 is 0 Å². The summed E-state index contributed by atoms with van der Waals surface area (Å²) in [6.45, 7) is 4.45. The summed E-state index contributed by atoms with van der Waals surface area (Å²) in [5.41, 5.74) is -2.70. The second-order valence-electron chi connectivity index (χ2n) is 6.55. The van der Waals surface area contributed by atoms with Gasteiger partial charge in [-0.05, 0) is 0 Å². The first-order valence-corrected chi connectivity index (χ1v) is 10.4. The summed E-state index contributed by atoms with van der Waals surface area (Å²) in [5.74, 6) is 0. The zero-order valence-electron chi connectivity index (χ0n) is 15.1. The molecule has 2 radical (unpaired) electrons. The predicted octanol–water partition coefficient (Wildman–Crippen LogP) is 0.212. The van der Waals surface area contributed by atoms with Gasteiger partial charge in [-0.3, -0.25) is 0 Å². The standard InChI is InChI=1S/C17H26N2O6.Sn/c1-3-5-8-17(23)14(24-10-6-4-2)12(11-20)25-15(17)19-9-7-13(21)18-16(19)22;/h7,9,12,14-15,20,23H,3-6,8,10H2,1-2H3,(H,18,21,22);/t12-,14-,15-,17-;/m1./s1. The molecular formula is C17H26N2O6Sn.